The zero-order chi connectivity index (χ0) is 21.2. The van der Waals surface area contributed by atoms with Crippen molar-refractivity contribution in [1.29, 1.82) is 0 Å². The first-order valence-electron chi connectivity index (χ1n) is 9.95. The van der Waals surface area contributed by atoms with E-state index in [2.05, 4.69) is 27.5 Å². The minimum atomic E-state index is 0.499. The SMILES string of the molecule is CCNC(=NCc1ccc(OCc2ccccc2)c(OC)c1)NCc1ncc(C)s1. The number of thiazole rings is 1. The number of nitrogens with one attached hydrogen (secondary N) is 2. The van der Waals surface area contributed by atoms with Crippen molar-refractivity contribution in [3.63, 3.8) is 0 Å². The fraction of sp³-hybridized carbons (Fsp3) is 0.304. The predicted molar refractivity (Wildman–Crippen MR) is 122 cm³/mol. The highest BCUT2D eigenvalue weighted by Gasteiger charge is 2.07. The lowest BCUT2D eigenvalue weighted by Gasteiger charge is -2.13. The van der Waals surface area contributed by atoms with Gasteiger partial charge in [-0.1, -0.05) is 36.4 Å². The summed E-state index contributed by atoms with van der Waals surface area (Å²) in [4.78, 5) is 10.3. The van der Waals surface area contributed by atoms with E-state index in [1.54, 1.807) is 18.4 Å². The smallest absolute Gasteiger partial charge is 0.191 e. The summed E-state index contributed by atoms with van der Waals surface area (Å²) in [5, 5.41) is 7.64. The Morgan fingerprint density at radius 2 is 1.90 bits per heavy atom. The van der Waals surface area contributed by atoms with E-state index in [4.69, 9.17) is 9.47 Å². The van der Waals surface area contributed by atoms with Gasteiger partial charge in [-0.25, -0.2) is 9.98 Å². The second-order valence-electron chi connectivity index (χ2n) is 6.67. The maximum atomic E-state index is 5.93. The number of hydrogen-bond donors (Lipinski definition) is 2. The van der Waals surface area contributed by atoms with Crippen LogP contribution in [0.2, 0.25) is 0 Å². The van der Waals surface area contributed by atoms with E-state index in [9.17, 15) is 0 Å². The van der Waals surface area contributed by atoms with Crippen LogP contribution in [0.4, 0.5) is 0 Å². The zero-order valence-corrected chi connectivity index (χ0v) is 18.5. The van der Waals surface area contributed by atoms with E-state index in [1.807, 2.05) is 61.7 Å². The molecule has 1 heterocycles. The van der Waals surface area contributed by atoms with Crippen LogP contribution < -0.4 is 20.1 Å². The Balaban J connectivity index is 1.62. The fourth-order valence-electron chi connectivity index (χ4n) is 2.82. The van der Waals surface area contributed by atoms with Crippen LogP contribution in [0, 0.1) is 6.92 Å². The average Bonchev–Trinajstić information content (AvgIpc) is 3.20. The van der Waals surface area contributed by atoms with Crippen LogP contribution in [0.5, 0.6) is 11.5 Å². The van der Waals surface area contributed by atoms with Crippen molar-refractivity contribution in [3.05, 3.63) is 75.7 Å². The molecule has 7 heteroatoms. The summed E-state index contributed by atoms with van der Waals surface area (Å²) < 4.78 is 11.5. The topological polar surface area (TPSA) is 67.8 Å². The van der Waals surface area contributed by atoms with Crippen molar-refractivity contribution in [2.45, 2.75) is 33.5 Å². The van der Waals surface area contributed by atoms with Crippen LogP contribution >= 0.6 is 11.3 Å². The summed E-state index contributed by atoms with van der Waals surface area (Å²) in [5.74, 6) is 2.18. The molecule has 158 valence electrons. The lowest BCUT2D eigenvalue weighted by Crippen LogP contribution is -2.36. The summed E-state index contributed by atoms with van der Waals surface area (Å²) in [6, 6.07) is 16.0. The third-order valence-electron chi connectivity index (χ3n) is 4.31. The Bertz CT molecular complexity index is 957. The normalized spacial score (nSPS) is 11.2. The van der Waals surface area contributed by atoms with Gasteiger partial charge >= 0.3 is 0 Å². The highest BCUT2D eigenvalue weighted by molar-refractivity contribution is 7.11. The van der Waals surface area contributed by atoms with Crippen molar-refractivity contribution < 1.29 is 9.47 Å². The predicted octanol–water partition coefficient (Wildman–Crippen LogP) is 4.29. The van der Waals surface area contributed by atoms with Gasteiger partial charge < -0.3 is 20.1 Å². The van der Waals surface area contributed by atoms with Crippen LogP contribution in [0.1, 0.15) is 27.9 Å². The number of aliphatic imine (C=N–C) groups is 1. The third-order valence-corrected chi connectivity index (χ3v) is 5.22. The Labute approximate surface area is 182 Å². The van der Waals surface area contributed by atoms with Gasteiger partial charge in [0, 0.05) is 17.6 Å². The van der Waals surface area contributed by atoms with Gasteiger partial charge in [0.2, 0.25) is 0 Å². The first-order valence-corrected chi connectivity index (χ1v) is 10.8. The van der Waals surface area contributed by atoms with E-state index >= 15 is 0 Å². The summed E-state index contributed by atoms with van der Waals surface area (Å²) >= 11 is 1.68. The molecule has 1 aromatic heterocycles. The molecule has 0 amide bonds. The molecule has 0 atom stereocenters. The van der Waals surface area contributed by atoms with E-state index in [1.165, 1.54) is 4.88 Å². The molecule has 0 saturated heterocycles. The molecule has 0 spiro atoms. The second-order valence-corrected chi connectivity index (χ2v) is 7.99. The minimum absolute atomic E-state index is 0.499. The van der Waals surface area contributed by atoms with Gasteiger partial charge in [0.1, 0.15) is 11.6 Å². The molecule has 0 radical (unpaired) electrons. The number of nitrogens with zero attached hydrogens (tertiary/aromatic N) is 2. The first kappa shape index (κ1) is 21.6. The zero-order valence-electron chi connectivity index (χ0n) is 17.6. The molecule has 0 saturated carbocycles. The molecule has 3 aromatic rings. The van der Waals surface area contributed by atoms with E-state index in [0.29, 0.717) is 25.4 Å². The number of rotatable bonds is 9. The molecule has 0 aliphatic heterocycles. The van der Waals surface area contributed by atoms with Gasteiger partial charge in [0.25, 0.3) is 0 Å². The number of aryl methyl sites for hydroxylation is 1. The standard InChI is InChI=1S/C23H28N4O2S/c1-4-24-23(27-15-22-25-13-17(2)30-22)26-14-19-10-11-20(21(12-19)28-3)29-16-18-8-6-5-7-9-18/h5-13H,4,14-16H2,1-3H3,(H2,24,26,27). The highest BCUT2D eigenvalue weighted by atomic mass is 32.1. The molecule has 0 aliphatic rings. The Morgan fingerprint density at radius 3 is 2.60 bits per heavy atom. The molecule has 6 nitrogen and oxygen atoms in total. The molecule has 30 heavy (non-hydrogen) atoms. The molecule has 0 bridgehead atoms. The Morgan fingerprint density at radius 1 is 1.07 bits per heavy atom. The monoisotopic (exact) mass is 424 g/mol. The highest BCUT2D eigenvalue weighted by Crippen LogP contribution is 2.29. The maximum absolute atomic E-state index is 5.93. The van der Waals surface area contributed by atoms with Crippen LogP contribution in [0.15, 0.2) is 59.7 Å². The number of benzene rings is 2. The third kappa shape index (κ3) is 6.49. The first-order chi connectivity index (χ1) is 14.7. The Kier molecular flexibility index (Phi) is 8.09. The van der Waals surface area contributed by atoms with Gasteiger partial charge in [0.15, 0.2) is 17.5 Å². The van der Waals surface area contributed by atoms with Crippen LogP contribution in [-0.2, 0) is 19.7 Å². The van der Waals surface area contributed by atoms with E-state index in [-0.39, 0.29) is 0 Å². The summed E-state index contributed by atoms with van der Waals surface area (Å²) in [7, 11) is 1.65. The van der Waals surface area contributed by atoms with Gasteiger partial charge in [-0.3, -0.25) is 0 Å². The van der Waals surface area contributed by atoms with Crippen molar-refractivity contribution in [2.75, 3.05) is 13.7 Å². The summed E-state index contributed by atoms with van der Waals surface area (Å²) in [6.07, 6.45) is 1.89. The van der Waals surface area contributed by atoms with Gasteiger partial charge in [-0.15, -0.1) is 11.3 Å². The number of hydrogen-bond acceptors (Lipinski definition) is 5. The molecule has 0 aliphatic carbocycles. The lowest BCUT2D eigenvalue weighted by atomic mass is 10.2. The average molecular weight is 425 g/mol. The van der Waals surface area contributed by atoms with Crippen molar-refractivity contribution in [3.8, 4) is 11.5 Å². The summed E-state index contributed by atoms with van der Waals surface area (Å²) in [5.41, 5.74) is 2.16. The molecule has 0 unspecified atom stereocenters. The molecule has 2 N–H and O–H groups in total. The number of aromatic nitrogens is 1. The van der Waals surface area contributed by atoms with Crippen molar-refractivity contribution >= 4 is 17.3 Å². The quantitative estimate of drug-likeness (QED) is 0.396. The number of guanidine groups is 1. The maximum Gasteiger partial charge on any atom is 0.191 e. The van der Waals surface area contributed by atoms with Crippen LogP contribution in [0.3, 0.4) is 0 Å². The Hall–Kier alpha value is -3.06. The molecule has 2 aromatic carbocycles. The van der Waals surface area contributed by atoms with Gasteiger partial charge in [-0.05, 0) is 37.1 Å². The molecule has 3 rings (SSSR count). The van der Waals surface area contributed by atoms with Crippen molar-refractivity contribution in [2.24, 2.45) is 4.99 Å². The number of ether oxygens (including phenoxy) is 2. The molecular weight excluding hydrogens is 396 g/mol. The largest absolute Gasteiger partial charge is 0.493 e. The lowest BCUT2D eigenvalue weighted by molar-refractivity contribution is 0.284. The van der Waals surface area contributed by atoms with Gasteiger partial charge in [0.05, 0.1) is 20.2 Å². The second kappa shape index (κ2) is 11.2. The van der Waals surface area contributed by atoms with Gasteiger partial charge in [-0.2, -0.15) is 0 Å². The number of methoxy groups -OCH3 is 1. The van der Waals surface area contributed by atoms with Crippen molar-refractivity contribution in [1.82, 2.24) is 15.6 Å². The van der Waals surface area contributed by atoms with E-state index < -0.39 is 0 Å². The fourth-order valence-corrected chi connectivity index (χ4v) is 3.55. The van der Waals surface area contributed by atoms with E-state index in [0.717, 1.165) is 34.4 Å². The van der Waals surface area contributed by atoms with Crippen LogP contribution in [0.25, 0.3) is 0 Å². The molecular formula is C23H28N4O2S. The molecule has 0 fully saturated rings. The minimum Gasteiger partial charge on any atom is -0.493 e. The van der Waals surface area contributed by atoms with Crippen LogP contribution in [-0.4, -0.2) is 24.6 Å². The summed E-state index contributed by atoms with van der Waals surface area (Å²) in [6.45, 7) is 6.58.